The predicted molar refractivity (Wildman–Crippen MR) is 136 cm³/mol. The van der Waals surface area contributed by atoms with E-state index < -0.39 is 37.2 Å². The number of amides is 2. The van der Waals surface area contributed by atoms with Gasteiger partial charge in [-0.3, -0.25) is 9.80 Å². The number of carboxylic acid groups (broad SMARTS) is 1. The summed E-state index contributed by atoms with van der Waals surface area (Å²) >= 11 is 0. The zero-order valence-electron chi connectivity index (χ0n) is 21.5. The summed E-state index contributed by atoms with van der Waals surface area (Å²) in [4.78, 5) is 43.9. The maximum atomic E-state index is 12.6. The van der Waals surface area contributed by atoms with Gasteiger partial charge in [0, 0.05) is 37.4 Å². The monoisotopic (exact) mass is 550 g/mol. The molecule has 13 heteroatoms. The number of alkyl halides is 2. The molecule has 3 rings (SSSR count). The van der Waals surface area contributed by atoms with Crippen LogP contribution in [0.25, 0.3) is 0 Å². The van der Waals surface area contributed by atoms with Gasteiger partial charge < -0.3 is 24.6 Å². The Balaban J connectivity index is 1.71. The summed E-state index contributed by atoms with van der Waals surface area (Å²) in [5.41, 5.74) is 1.42. The molecule has 0 fully saturated rings. The highest BCUT2D eigenvalue weighted by Gasteiger charge is 2.34. The Bertz CT molecular complexity index is 1090. The van der Waals surface area contributed by atoms with E-state index in [4.69, 9.17) is 14.2 Å². The highest BCUT2D eigenvalue weighted by molar-refractivity contribution is 5.86. The highest BCUT2D eigenvalue weighted by atomic mass is 19.3. The molecular formula is C26H32F2N4O7. The summed E-state index contributed by atoms with van der Waals surface area (Å²) in [6.07, 6.45) is -2.55. The van der Waals surface area contributed by atoms with Crippen LogP contribution >= 0.6 is 0 Å². The van der Waals surface area contributed by atoms with Gasteiger partial charge >= 0.3 is 18.2 Å². The van der Waals surface area contributed by atoms with Crippen LogP contribution in [0.2, 0.25) is 0 Å². The fraction of sp³-hybridized carbons (Fsp3) is 0.462. The second-order valence-electron chi connectivity index (χ2n) is 8.73. The molecule has 2 amide bonds. The second-order valence-corrected chi connectivity index (χ2v) is 8.73. The van der Waals surface area contributed by atoms with Gasteiger partial charge in [-0.05, 0) is 24.5 Å². The lowest BCUT2D eigenvalue weighted by molar-refractivity contribution is -0.143. The van der Waals surface area contributed by atoms with Gasteiger partial charge in [0.05, 0.1) is 13.7 Å². The molecule has 2 atom stereocenters. The number of methoxy groups -OCH3 is 1. The number of carbonyl (C=O) groups excluding carboxylic acids is 2. The van der Waals surface area contributed by atoms with Crippen LogP contribution in [0.1, 0.15) is 30.0 Å². The minimum Gasteiger partial charge on any atom is -0.467 e. The molecule has 0 spiro atoms. The van der Waals surface area contributed by atoms with Crippen molar-refractivity contribution in [2.24, 2.45) is 0 Å². The van der Waals surface area contributed by atoms with Gasteiger partial charge in [0.25, 0.3) is 6.43 Å². The van der Waals surface area contributed by atoms with Crippen molar-refractivity contribution >= 4 is 24.0 Å². The third-order valence-corrected chi connectivity index (χ3v) is 6.19. The number of anilines is 1. The Morgan fingerprint density at radius 3 is 2.64 bits per heavy atom. The normalized spacial score (nSPS) is 15.5. The number of esters is 1. The Morgan fingerprint density at radius 1 is 1.18 bits per heavy atom. The number of halogens is 2. The van der Waals surface area contributed by atoms with E-state index in [-0.39, 0.29) is 51.1 Å². The standard InChI is InChI=1S/C26H32F2N4O7/c1-37-24(33)20(30-25(34)39-16-18-6-3-2-4-7-18)9-12-31(14-15-38-17-22(27)28)21-10-13-32(26(35)36)23-19(21)8-5-11-29-23/h2-8,11,20-22H,9-10,12-17H2,1H3,(H,30,34)(H,35,36). The lowest BCUT2D eigenvalue weighted by atomic mass is 9.97. The molecule has 0 bridgehead atoms. The molecule has 0 saturated heterocycles. The van der Waals surface area contributed by atoms with E-state index in [1.807, 2.05) is 23.1 Å². The van der Waals surface area contributed by atoms with E-state index in [9.17, 15) is 28.3 Å². The molecule has 0 radical (unpaired) electrons. The number of hydrogen-bond acceptors (Lipinski definition) is 8. The van der Waals surface area contributed by atoms with Gasteiger partial charge in [-0.15, -0.1) is 0 Å². The zero-order chi connectivity index (χ0) is 28.2. The summed E-state index contributed by atoms with van der Waals surface area (Å²) in [6.45, 7) is -0.117. The molecule has 2 unspecified atom stereocenters. The second kappa shape index (κ2) is 14.9. The Kier molecular flexibility index (Phi) is 11.4. The number of alkyl carbamates (subject to hydrolysis) is 1. The van der Waals surface area contributed by atoms with Gasteiger partial charge in [0.2, 0.25) is 0 Å². The van der Waals surface area contributed by atoms with Crippen LogP contribution in [0, 0.1) is 0 Å². The van der Waals surface area contributed by atoms with Gasteiger partial charge in [0.15, 0.2) is 0 Å². The third kappa shape index (κ3) is 8.86. The molecular weight excluding hydrogens is 518 g/mol. The number of hydrogen-bond donors (Lipinski definition) is 2. The first-order chi connectivity index (χ1) is 18.8. The smallest absolute Gasteiger partial charge is 0.413 e. The summed E-state index contributed by atoms with van der Waals surface area (Å²) in [5.74, 6) is -0.393. The number of ether oxygens (including phenoxy) is 3. The van der Waals surface area contributed by atoms with E-state index in [2.05, 4.69) is 10.3 Å². The van der Waals surface area contributed by atoms with E-state index in [1.54, 1.807) is 24.3 Å². The zero-order valence-corrected chi connectivity index (χ0v) is 21.5. The summed E-state index contributed by atoms with van der Waals surface area (Å²) in [5, 5.41) is 12.1. The Labute approximate surface area is 224 Å². The van der Waals surface area contributed by atoms with Crippen LogP contribution in [-0.2, 0) is 25.6 Å². The molecule has 1 aromatic heterocycles. The molecule has 2 heterocycles. The molecule has 0 aliphatic carbocycles. The average Bonchev–Trinajstić information content (AvgIpc) is 2.94. The van der Waals surface area contributed by atoms with Crippen LogP contribution < -0.4 is 10.2 Å². The van der Waals surface area contributed by atoms with Crippen molar-refractivity contribution in [2.75, 3.05) is 44.9 Å². The topological polar surface area (TPSA) is 131 Å². The average molecular weight is 551 g/mol. The lowest BCUT2D eigenvalue weighted by Gasteiger charge is -2.38. The molecule has 0 saturated carbocycles. The lowest BCUT2D eigenvalue weighted by Crippen LogP contribution is -2.46. The molecule has 1 aliphatic rings. The summed E-state index contributed by atoms with van der Waals surface area (Å²) < 4.78 is 40.4. The van der Waals surface area contributed by atoms with Crippen LogP contribution in [-0.4, -0.2) is 85.6 Å². The Hall–Kier alpha value is -3.84. The maximum absolute atomic E-state index is 12.6. The largest absolute Gasteiger partial charge is 0.467 e. The van der Waals surface area contributed by atoms with E-state index >= 15 is 0 Å². The summed E-state index contributed by atoms with van der Waals surface area (Å²) in [6, 6.07) is 11.1. The number of nitrogens with zero attached hydrogens (tertiary/aromatic N) is 3. The van der Waals surface area contributed by atoms with E-state index in [0.717, 1.165) is 10.5 Å². The van der Waals surface area contributed by atoms with Gasteiger partial charge in [-0.1, -0.05) is 36.4 Å². The first-order valence-corrected chi connectivity index (χ1v) is 12.4. The number of rotatable bonds is 13. The quantitative estimate of drug-likeness (QED) is 0.284. The predicted octanol–water partition coefficient (Wildman–Crippen LogP) is 3.45. The number of benzene rings is 1. The maximum Gasteiger partial charge on any atom is 0.413 e. The molecule has 39 heavy (non-hydrogen) atoms. The van der Waals surface area contributed by atoms with Gasteiger partial charge in [-0.2, -0.15) is 0 Å². The molecule has 2 aromatic rings. The van der Waals surface area contributed by atoms with Crippen LogP contribution in [0.4, 0.5) is 24.2 Å². The molecule has 1 aliphatic heterocycles. The van der Waals surface area contributed by atoms with Crippen molar-refractivity contribution < 1.29 is 42.5 Å². The van der Waals surface area contributed by atoms with E-state index in [0.29, 0.717) is 12.0 Å². The van der Waals surface area contributed by atoms with Crippen LogP contribution in [0.15, 0.2) is 48.7 Å². The van der Waals surface area contributed by atoms with Crippen molar-refractivity contribution in [2.45, 2.75) is 38.0 Å². The Morgan fingerprint density at radius 2 is 1.95 bits per heavy atom. The van der Waals surface area contributed by atoms with Crippen molar-refractivity contribution in [3.8, 4) is 0 Å². The first kappa shape index (κ1) is 29.7. The minimum atomic E-state index is -2.61. The van der Waals surface area contributed by atoms with Crippen LogP contribution in [0.3, 0.4) is 0 Å². The van der Waals surface area contributed by atoms with Crippen molar-refractivity contribution in [3.05, 3.63) is 59.8 Å². The molecule has 1 aromatic carbocycles. The fourth-order valence-corrected chi connectivity index (χ4v) is 4.34. The number of aromatic nitrogens is 1. The van der Waals surface area contributed by atoms with Crippen LogP contribution in [0.5, 0.6) is 0 Å². The molecule has 11 nitrogen and oxygen atoms in total. The van der Waals surface area contributed by atoms with Crippen molar-refractivity contribution in [1.82, 2.24) is 15.2 Å². The van der Waals surface area contributed by atoms with Crippen molar-refractivity contribution in [1.29, 1.82) is 0 Å². The third-order valence-electron chi connectivity index (χ3n) is 6.19. The number of carbonyl (C=O) groups is 3. The number of pyridine rings is 1. The highest BCUT2D eigenvalue weighted by Crippen LogP contribution is 2.36. The molecule has 2 N–H and O–H groups in total. The van der Waals surface area contributed by atoms with Gasteiger partial charge in [0.1, 0.15) is 25.1 Å². The number of nitrogens with one attached hydrogen (secondary N) is 1. The first-order valence-electron chi connectivity index (χ1n) is 12.4. The molecule has 212 valence electrons. The SMILES string of the molecule is COC(=O)C(CCN(CCOCC(F)F)C1CCN(C(=O)O)c2ncccc21)NC(=O)OCc1ccccc1. The minimum absolute atomic E-state index is 0.0140. The fourth-order valence-electron chi connectivity index (χ4n) is 4.34. The number of fused-ring (bicyclic) bond motifs is 1. The summed E-state index contributed by atoms with van der Waals surface area (Å²) in [7, 11) is 1.20. The van der Waals surface area contributed by atoms with Crippen molar-refractivity contribution in [3.63, 3.8) is 0 Å². The van der Waals surface area contributed by atoms with Gasteiger partial charge in [-0.25, -0.2) is 28.1 Å². The van der Waals surface area contributed by atoms with E-state index in [1.165, 1.54) is 13.3 Å².